The lowest BCUT2D eigenvalue weighted by Gasteiger charge is -2.17. The average molecular weight is 333 g/mol. The first kappa shape index (κ1) is 18.1. The smallest absolute Gasteiger partial charge is 0.319 e. The number of nitrogens with one attached hydrogen (secondary N) is 2. The van der Waals surface area contributed by atoms with Gasteiger partial charge in [0.1, 0.15) is 5.67 Å². The van der Waals surface area contributed by atoms with E-state index in [1.165, 1.54) is 11.8 Å². The largest absolute Gasteiger partial charge is 0.337 e. The summed E-state index contributed by atoms with van der Waals surface area (Å²) in [5, 5.41) is 5.44. The summed E-state index contributed by atoms with van der Waals surface area (Å²) in [4.78, 5) is 12.7. The summed E-state index contributed by atoms with van der Waals surface area (Å²) < 4.78 is 13.6. The molecule has 0 saturated heterocycles. The van der Waals surface area contributed by atoms with E-state index in [0.29, 0.717) is 18.2 Å². The molecule has 2 amide bonds. The van der Waals surface area contributed by atoms with Gasteiger partial charge in [0, 0.05) is 28.8 Å². The van der Waals surface area contributed by atoms with Crippen molar-refractivity contribution in [1.29, 1.82) is 0 Å². The zero-order chi connectivity index (χ0) is 16.0. The second-order valence-corrected chi connectivity index (χ2v) is 6.91. The third-order valence-corrected chi connectivity index (χ3v) is 4.49. The lowest BCUT2D eigenvalue weighted by atomic mass is 10.1. The number of benzene rings is 1. The van der Waals surface area contributed by atoms with Crippen molar-refractivity contribution in [3.05, 3.63) is 23.3 Å². The molecule has 0 spiro atoms. The van der Waals surface area contributed by atoms with Gasteiger partial charge < -0.3 is 10.6 Å². The Morgan fingerprint density at radius 1 is 1.33 bits per heavy atom. The zero-order valence-corrected chi connectivity index (χ0v) is 14.4. The fraction of sp³-hybridized carbons (Fsp3) is 0.533. The van der Waals surface area contributed by atoms with Gasteiger partial charge in [0.2, 0.25) is 0 Å². The minimum Gasteiger partial charge on any atom is -0.337 e. The standard InChI is InChI=1S/C15H22ClFN2OS/c1-10-7-11(2)13(21-9-15(3,4)17)8-12(10)19-14(20)18-6-5-16/h7-8H,5-6,9H2,1-4H3,(H2,18,19,20). The van der Waals surface area contributed by atoms with Crippen molar-refractivity contribution in [2.24, 2.45) is 0 Å². The predicted molar refractivity (Wildman–Crippen MR) is 89.6 cm³/mol. The molecule has 6 heteroatoms. The van der Waals surface area contributed by atoms with Crippen LogP contribution in [0.3, 0.4) is 0 Å². The number of halogens is 2. The summed E-state index contributed by atoms with van der Waals surface area (Å²) in [6.07, 6.45) is 0. The molecule has 118 valence electrons. The molecule has 1 rings (SSSR count). The Morgan fingerprint density at radius 2 is 2.00 bits per heavy atom. The van der Waals surface area contributed by atoms with Crippen LogP contribution in [0.1, 0.15) is 25.0 Å². The number of alkyl halides is 2. The molecule has 0 saturated carbocycles. The van der Waals surface area contributed by atoms with E-state index < -0.39 is 5.67 Å². The van der Waals surface area contributed by atoms with E-state index in [0.717, 1.165) is 21.7 Å². The highest BCUT2D eigenvalue weighted by molar-refractivity contribution is 7.99. The van der Waals surface area contributed by atoms with Crippen molar-refractivity contribution in [3.63, 3.8) is 0 Å². The number of anilines is 1. The minimum absolute atomic E-state index is 0.288. The van der Waals surface area contributed by atoms with Crippen molar-refractivity contribution in [1.82, 2.24) is 5.32 Å². The van der Waals surface area contributed by atoms with E-state index in [4.69, 9.17) is 11.6 Å². The van der Waals surface area contributed by atoms with Gasteiger partial charge in [-0.2, -0.15) is 0 Å². The first-order chi connectivity index (χ1) is 9.73. The molecule has 0 aromatic heterocycles. The number of rotatable bonds is 6. The summed E-state index contributed by atoms with van der Waals surface area (Å²) >= 11 is 6.98. The fourth-order valence-electron chi connectivity index (χ4n) is 1.70. The van der Waals surface area contributed by atoms with Gasteiger partial charge in [0.15, 0.2) is 0 Å². The minimum atomic E-state index is -1.23. The quantitative estimate of drug-likeness (QED) is 0.594. The molecular formula is C15H22ClFN2OS. The summed E-state index contributed by atoms with van der Waals surface area (Å²) in [7, 11) is 0. The van der Waals surface area contributed by atoms with Gasteiger partial charge >= 0.3 is 6.03 Å². The lowest BCUT2D eigenvalue weighted by molar-refractivity contribution is 0.252. The van der Waals surface area contributed by atoms with Gasteiger partial charge in [-0.25, -0.2) is 9.18 Å². The van der Waals surface area contributed by atoms with Crippen LogP contribution >= 0.6 is 23.4 Å². The number of urea groups is 1. The summed E-state index contributed by atoms with van der Waals surface area (Å²) in [5.74, 6) is 0.738. The van der Waals surface area contributed by atoms with Gasteiger partial charge in [-0.15, -0.1) is 23.4 Å². The molecule has 0 radical (unpaired) electrons. The molecule has 2 N–H and O–H groups in total. The van der Waals surface area contributed by atoms with Crippen molar-refractivity contribution < 1.29 is 9.18 Å². The van der Waals surface area contributed by atoms with Gasteiger partial charge in [-0.05, 0) is 44.9 Å². The number of carbonyl (C=O) groups is 1. The van der Waals surface area contributed by atoms with E-state index in [-0.39, 0.29) is 6.03 Å². The summed E-state index contributed by atoms with van der Waals surface area (Å²) in [6, 6.07) is 3.59. The van der Waals surface area contributed by atoms with E-state index >= 15 is 0 Å². The molecule has 21 heavy (non-hydrogen) atoms. The molecule has 0 aliphatic heterocycles. The highest BCUT2D eigenvalue weighted by Crippen LogP contribution is 2.31. The van der Waals surface area contributed by atoms with Crippen molar-refractivity contribution in [2.45, 2.75) is 38.3 Å². The van der Waals surface area contributed by atoms with Crippen molar-refractivity contribution in [2.75, 3.05) is 23.5 Å². The Labute approximate surface area is 135 Å². The molecule has 0 fully saturated rings. The Bertz CT molecular complexity index is 503. The van der Waals surface area contributed by atoms with Gasteiger partial charge in [0.05, 0.1) is 0 Å². The van der Waals surface area contributed by atoms with Gasteiger partial charge in [-0.1, -0.05) is 6.07 Å². The van der Waals surface area contributed by atoms with E-state index in [9.17, 15) is 9.18 Å². The molecule has 0 atom stereocenters. The second-order valence-electron chi connectivity index (χ2n) is 5.51. The number of hydrogen-bond acceptors (Lipinski definition) is 2. The maximum absolute atomic E-state index is 13.6. The molecule has 3 nitrogen and oxygen atoms in total. The number of thioether (sulfide) groups is 1. The topological polar surface area (TPSA) is 41.1 Å². The molecule has 1 aromatic rings. The lowest BCUT2D eigenvalue weighted by Crippen LogP contribution is -2.30. The molecule has 0 unspecified atom stereocenters. The number of carbonyl (C=O) groups excluding carboxylic acids is 1. The molecule has 1 aromatic carbocycles. The van der Waals surface area contributed by atoms with E-state index in [1.54, 1.807) is 13.8 Å². The van der Waals surface area contributed by atoms with Gasteiger partial charge in [0.25, 0.3) is 0 Å². The molecule has 0 aliphatic rings. The number of aryl methyl sites for hydroxylation is 2. The maximum atomic E-state index is 13.6. The highest BCUT2D eigenvalue weighted by atomic mass is 35.5. The third kappa shape index (κ3) is 6.57. The van der Waals surface area contributed by atoms with Crippen LogP contribution in [0.5, 0.6) is 0 Å². The van der Waals surface area contributed by atoms with Crippen LogP contribution in [-0.2, 0) is 0 Å². The zero-order valence-electron chi connectivity index (χ0n) is 12.8. The van der Waals surface area contributed by atoms with Crippen LogP contribution in [0, 0.1) is 13.8 Å². The first-order valence-corrected chi connectivity index (χ1v) is 8.29. The monoisotopic (exact) mass is 332 g/mol. The molecule has 0 aliphatic carbocycles. The van der Waals surface area contributed by atoms with E-state index in [1.807, 2.05) is 26.0 Å². The first-order valence-electron chi connectivity index (χ1n) is 6.76. The van der Waals surface area contributed by atoms with Crippen LogP contribution in [-0.4, -0.2) is 29.9 Å². The second kappa shape index (κ2) is 7.90. The maximum Gasteiger partial charge on any atom is 0.319 e. The Kier molecular flexibility index (Phi) is 6.81. The van der Waals surface area contributed by atoms with Crippen molar-refractivity contribution >= 4 is 35.1 Å². The third-order valence-electron chi connectivity index (χ3n) is 2.72. The van der Waals surface area contributed by atoms with Crippen LogP contribution < -0.4 is 10.6 Å². The van der Waals surface area contributed by atoms with Crippen LogP contribution in [0.25, 0.3) is 0 Å². The van der Waals surface area contributed by atoms with Gasteiger partial charge in [-0.3, -0.25) is 0 Å². The molecule has 0 bridgehead atoms. The van der Waals surface area contributed by atoms with Crippen molar-refractivity contribution in [3.8, 4) is 0 Å². The fourth-order valence-corrected chi connectivity index (χ4v) is 2.78. The Hall–Kier alpha value is -0.940. The van der Waals surface area contributed by atoms with Crippen LogP contribution in [0.2, 0.25) is 0 Å². The van der Waals surface area contributed by atoms with Crippen LogP contribution in [0.15, 0.2) is 17.0 Å². The SMILES string of the molecule is Cc1cc(C)c(SCC(C)(C)F)cc1NC(=O)NCCCl. The molecular weight excluding hydrogens is 311 g/mol. The molecule has 0 heterocycles. The van der Waals surface area contributed by atoms with E-state index in [2.05, 4.69) is 10.6 Å². The number of hydrogen-bond donors (Lipinski definition) is 2. The predicted octanol–water partition coefficient (Wildman–Crippen LogP) is 4.50. The Morgan fingerprint density at radius 3 is 2.57 bits per heavy atom. The Balaban J connectivity index is 2.83. The normalized spacial score (nSPS) is 11.3. The average Bonchev–Trinajstić information content (AvgIpc) is 2.37. The summed E-state index contributed by atoms with van der Waals surface area (Å²) in [5.41, 5.74) is 1.55. The summed E-state index contributed by atoms with van der Waals surface area (Å²) in [6.45, 7) is 7.44. The van der Waals surface area contributed by atoms with Crippen LogP contribution in [0.4, 0.5) is 14.9 Å². The number of amides is 2. The highest BCUT2D eigenvalue weighted by Gasteiger charge is 2.17.